The predicted molar refractivity (Wildman–Crippen MR) is 143 cm³/mol. The number of hydrogen-bond acceptors (Lipinski definition) is 10. The molecule has 1 atom stereocenters. The van der Waals surface area contributed by atoms with E-state index in [1.54, 1.807) is 57.2 Å². The third kappa shape index (κ3) is 14.3. The molecular formula is C28H37N3O9. The zero-order chi connectivity index (χ0) is 29.2. The summed E-state index contributed by atoms with van der Waals surface area (Å²) in [4.78, 5) is 27.4. The Balaban J connectivity index is 1.48. The van der Waals surface area contributed by atoms with Crippen LogP contribution in [0.25, 0.3) is 0 Å². The van der Waals surface area contributed by atoms with Crippen molar-refractivity contribution in [3.05, 3.63) is 53.9 Å². The number of ether oxygens (including phenoxy) is 6. The Morgan fingerprint density at radius 2 is 1.40 bits per heavy atom. The normalized spacial score (nSPS) is 11.8. The zero-order valence-electron chi connectivity index (χ0n) is 23.1. The Bertz CT molecular complexity index is 1060. The predicted octanol–water partition coefficient (Wildman–Crippen LogP) is 2.98. The molecule has 40 heavy (non-hydrogen) atoms. The van der Waals surface area contributed by atoms with E-state index in [4.69, 9.17) is 33.7 Å². The first kappa shape index (κ1) is 32.3. The van der Waals surface area contributed by atoms with Gasteiger partial charge in [-0.15, -0.1) is 0 Å². The number of aromatic nitrogens is 1. The van der Waals surface area contributed by atoms with Crippen LogP contribution in [0.15, 0.2) is 42.6 Å². The molecule has 2 N–H and O–H groups in total. The maximum atomic E-state index is 11.9. The number of rotatable bonds is 18. The monoisotopic (exact) mass is 559 g/mol. The number of alkyl carbamates (subject to hydrolysis) is 1. The van der Waals surface area contributed by atoms with Crippen molar-refractivity contribution < 1.29 is 43.1 Å². The molecule has 0 saturated heterocycles. The van der Waals surface area contributed by atoms with Crippen LogP contribution in [0.2, 0.25) is 0 Å². The highest BCUT2D eigenvalue weighted by atomic mass is 16.6. The fourth-order valence-corrected chi connectivity index (χ4v) is 3.12. The first-order valence-electron chi connectivity index (χ1n) is 12.8. The van der Waals surface area contributed by atoms with Crippen LogP contribution in [0.4, 0.5) is 4.79 Å². The molecule has 1 aromatic carbocycles. The molecule has 0 aliphatic carbocycles. The first-order chi connectivity index (χ1) is 19.2. The molecule has 218 valence electrons. The van der Waals surface area contributed by atoms with Gasteiger partial charge in [0.1, 0.15) is 48.1 Å². The quantitative estimate of drug-likeness (QED) is 0.259. The minimum atomic E-state index is -1.15. The van der Waals surface area contributed by atoms with Crippen LogP contribution >= 0.6 is 0 Å². The number of nitrogens with one attached hydrogen (secondary N) is 1. The van der Waals surface area contributed by atoms with Crippen LogP contribution in [-0.4, -0.2) is 86.7 Å². The van der Waals surface area contributed by atoms with Crippen molar-refractivity contribution >= 4 is 12.1 Å². The summed E-state index contributed by atoms with van der Waals surface area (Å²) in [5, 5.41) is 20.5. The summed E-state index contributed by atoms with van der Waals surface area (Å²) in [7, 11) is 0. The van der Waals surface area contributed by atoms with Gasteiger partial charge in [0.25, 0.3) is 0 Å². The lowest BCUT2D eigenvalue weighted by atomic mass is 10.1. The molecule has 0 aliphatic rings. The van der Waals surface area contributed by atoms with E-state index in [1.807, 2.05) is 6.07 Å². The van der Waals surface area contributed by atoms with E-state index in [0.29, 0.717) is 70.0 Å². The molecule has 0 aliphatic heterocycles. The Morgan fingerprint density at radius 3 is 1.88 bits per heavy atom. The summed E-state index contributed by atoms with van der Waals surface area (Å²) in [6.45, 7) is 8.31. The van der Waals surface area contributed by atoms with E-state index in [-0.39, 0.29) is 6.42 Å². The van der Waals surface area contributed by atoms with Crippen LogP contribution in [0, 0.1) is 11.3 Å². The van der Waals surface area contributed by atoms with Gasteiger partial charge in [0.2, 0.25) is 0 Å². The lowest BCUT2D eigenvalue weighted by Gasteiger charge is -2.22. The summed E-state index contributed by atoms with van der Waals surface area (Å²) >= 11 is 0. The number of benzene rings is 1. The third-order valence-corrected chi connectivity index (χ3v) is 4.94. The third-order valence-electron chi connectivity index (χ3n) is 4.94. The number of carboxylic acid groups (broad SMARTS) is 1. The Labute approximate surface area is 234 Å². The van der Waals surface area contributed by atoms with Gasteiger partial charge in [0.05, 0.1) is 45.8 Å². The van der Waals surface area contributed by atoms with Gasteiger partial charge in [-0.1, -0.05) is 12.1 Å². The molecule has 0 saturated carbocycles. The van der Waals surface area contributed by atoms with Crippen molar-refractivity contribution in [3.63, 3.8) is 0 Å². The number of carboxylic acids is 1. The average molecular weight is 560 g/mol. The highest BCUT2D eigenvalue weighted by Gasteiger charge is 2.24. The van der Waals surface area contributed by atoms with Crippen molar-refractivity contribution in [2.24, 2.45) is 0 Å². The van der Waals surface area contributed by atoms with Gasteiger partial charge >= 0.3 is 12.1 Å². The van der Waals surface area contributed by atoms with E-state index < -0.39 is 23.7 Å². The number of nitriles is 1. The van der Waals surface area contributed by atoms with E-state index >= 15 is 0 Å². The molecule has 0 fully saturated rings. The van der Waals surface area contributed by atoms with Crippen molar-refractivity contribution in [1.82, 2.24) is 10.3 Å². The summed E-state index contributed by atoms with van der Waals surface area (Å²) in [6, 6.07) is 11.1. The molecule has 0 radical (unpaired) electrons. The summed E-state index contributed by atoms with van der Waals surface area (Å²) < 4.78 is 32.6. The minimum absolute atomic E-state index is 0.104. The van der Waals surface area contributed by atoms with Gasteiger partial charge in [-0.2, -0.15) is 5.26 Å². The highest BCUT2D eigenvalue weighted by molar-refractivity contribution is 5.80. The average Bonchev–Trinajstić information content (AvgIpc) is 2.91. The SMILES string of the molecule is CC(C)(C)OC(=O)NC(Cc1ccc(OCCOCCOCCOCCOc2ccc(C#N)nc2)cc1)C(=O)O. The van der Waals surface area contributed by atoms with Gasteiger partial charge in [-0.05, 0) is 50.6 Å². The molecule has 1 unspecified atom stereocenters. The molecular weight excluding hydrogens is 522 g/mol. The van der Waals surface area contributed by atoms with Crippen LogP contribution in [0.3, 0.4) is 0 Å². The van der Waals surface area contributed by atoms with E-state index in [2.05, 4.69) is 10.3 Å². The second-order valence-corrected chi connectivity index (χ2v) is 9.41. The fraction of sp³-hybridized carbons (Fsp3) is 0.500. The van der Waals surface area contributed by atoms with Gasteiger partial charge in [-0.3, -0.25) is 0 Å². The van der Waals surface area contributed by atoms with Crippen molar-refractivity contribution in [2.75, 3.05) is 52.9 Å². The molecule has 0 bridgehead atoms. The number of carbonyl (C=O) groups excluding carboxylic acids is 1. The minimum Gasteiger partial charge on any atom is -0.491 e. The molecule has 2 aromatic rings. The zero-order valence-corrected chi connectivity index (χ0v) is 23.1. The topological polar surface area (TPSA) is 158 Å². The van der Waals surface area contributed by atoms with Gasteiger partial charge in [0, 0.05) is 6.42 Å². The summed E-state index contributed by atoms with van der Waals surface area (Å²) in [5.41, 5.74) is 0.344. The number of pyridine rings is 1. The number of amides is 1. The molecule has 2 rings (SSSR count). The van der Waals surface area contributed by atoms with E-state index in [0.717, 1.165) is 5.56 Å². The van der Waals surface area contributed by atoms with Crippen molar-refractivity contribution in [1.29, 1.82) is 5.26 Å². The molecule has 1 heterocycles. The van der Waals surface area contributed by atoms with E-state index in [1.165, 1.54) is 6.20 Å². The maximum absolute atomic E-state index is 11.9. The first-order valence-corrected chi connectivity index (χ1v) is 12.8. The van der Waals surface area contributed by atoms with Gasteiger partial charge in [-0.25, -0.2) is 14.6 Å². The second kappa shape index (κ2) is 17.6. The lowest BCUT2D eigenvalue weighted by molar-refractivity contribution is -0.139. The van der Waals surface area contributed by atoms with Crippen LogP contribution in [0.1, 0.15) is 32.0 Å². The van der Waals surface area contributed by atoms with Gasteiger partial charge in [0.15, 0.2) is 0 Å². The smallest absolute Gasteiger partial charge is 0.408 e. The molecule has 12 nitrogen and oxygen atoms in total. The van der Waals surface area contributed by atoms with Crippen LogP contribution < -0.4 is 14.8 Å². The Kier molecular flexibility index (Phi) is 14.2. The number of nitrogens with zero attached hydrogens (tertiary/aromatic N) is 2. The Hall–Kier alpha value is -3.92. The highest BCUT2D eigenvalue weighted by Crippen LogP contribution is 2.14. The van der Waals surface area contributed by atoms with Crippen LogP contribution in [0.5, 0.6) is 11.5 Å². The molecule has 12 heteroatoms. The van der Waals surface area contributed by atoms with Gasteiger partial charge < -0.3 is 38.8 Å². The molecule has 1 aromatic heterocycles. The number of hydrogen-bond donors (Lipinski definition) is 2. The lowest BCUT2D eigenvalue weighted by Crippen LogP contribution is -2.44. The maximum Gasteiger partial charge on any atom is 0.408 e. The van der Waals surface area contributed by atoms with Crippen molar-refractivity contribution in [3.8, 4) is 17.6 Å². The molecule has 1 amide bonds. The fourth-order valence-electron chi connectivity index (χ4n) is 3.12. The number of aliphatic carboxylic acids is 1. The standard InChI is InChI=1S/C28H37N3O9/c1-28(2,3)40-27(34)31-25(26(32)33)18-21-4-7-23(8-5-21)38-16-14-36-12-10-35-11-13-37-15-17-39-24-9-6-22(19-29)30-20-24/h4-9,20,25H,10-18H2,1-3H3,(H,31,34)(H,32,33). The second-order valence-electron chi connectivity index (χ2n) is 9.41. The number of carbonyl (C=O) groups is 2. The molecule has 0 spiro atoms. The summed E-state index contributed by atoms with van der Waals surface area (Å²) in [6.07, 6.45) is 0.823. The van der Waals surface area contributed by atoms with Crippen LogP contribution in [-0.2, 0) is 30.2 Å². The summed E-state index contributed by atoms with van der Waals surface area (Å²) in [5.74, 6) is 0.0474. The Morgan fingerprint density at radius 1 is 0.875 bits per heavy atom. The largest absolute Gasteiger partial charge is 0.491 e. The van der Waals surface area contributed by atoms with Crippen molar-refractivity contribution in [2.45, 2.75) is 38.8 Å². The van der Waals surface area contributed by atoms with E-state index in [9.17, 15) is 14.7 Å².